The van der Waals surface area contributed by atoms with Crippen LogP contribution < -0.4 is 10.6 Å². The first-order valence-corrected chi connectivity index (χ1v) is 9.92. The summed E-state index contributed by atoms with van der Waals surface area (Å²) in [6.07, 6.45) is 1.77. The smallest absolute Gasteiger partial charge is 0.287 e. The normalized spacial score (nSPS) is 11.4. The quantitative estimate of drug-likeness (QED) is 0.587. The molecule has 0 radical (unpaired) electrons. The molecular formula is C24H25N3O4. The van der Waals surface area contributed by atoms with Gasteiger partial charge >= 0.3 is 0 Å². The fraction of sp³-hybridized carbons (Fsp3) is 0.208. The SMILES string of the molecule is CNC(=O)c1ccc(CN(C)C(=O)[C@H](Cc2ccccc2)NC(=O)c2ccco2)cc1. The van der Waals surface area contributed by atoms with Crippen molar-refractivity contribution in [2.24, 2.45) is 0 Å². The van der Waals surface area contributed by atoms with Gasteiger partial charge in [-0.25, -0.2) is 0 Å². The molecule has 0 aliphatic carbocycles. The predicted molar refractivity (Wildman–Crippen MR) is 116 cm³/mol. The second kappa shape index (κ2) is 10.2. The number of rotatable bonds is 8. The molecule has 31 heavy (non-hydrogen) atoms. The Morgan fingerprint density at radius 1 is 0.903 bits per heavy atom. The van der Waals surface area contributed by atoms with Crippen LogP contribution in [-0.2, 0) is 17.8 Å². The maximum absolute atomic E-state index is 13.2. The predicted octanol–water partition coefficient (Wildman–Crippen LogP) is 2.64. The minimum atomic E-state index is -0.754. The molecule has 0 bridgehead atoms. The van der Waals surface area contributed by atoms with E-state index < -0.39 is 11.9 Å². The highest BCUT2D eigenvalue weighted by Crippen LogP contribution is 2.11. The number of nitrogens with zero attached hydrogens (tertiary/aromatic N) is 1. The lowest BCUT2D eigenvalue weighted by Gasteiger charge is -2.25. The van der Waals surface area contributed by atoms with E-state index in [0.717, 1.165) is 11.1 Å². The molecule has 1 aromatic heterocycles. The van der Waals surface area contributed by atoms with Crippen LogP contribution in [0.15, 0.2) is 77.4 Å². The summed E-state index contributed by atoms with van der Waals surface area (Å²) >= 11 is 0. The summed E-state index contributed by atoms with van der Waals surface area (Å²) in [5.74, 6) is -0.681. The van der Waals surface area contributed by atoms with Crippen LogP contribution in [0.2, 0.25) is 0 Å². The van der Waals surface area contributed by atoms with E-state index in [4.69, 9.17) is 4.42 Å². The van der Waals surface area contributed by atoms with Gasteiger partial charge in [-0.15, -0.1) is 0 Å². The van der Waals surface area contributed by atoms with Crippen molar-refractivity contribution in [1.29, 1.82) is 0 Å². The minimum absolute atomic E-state index is 0.151. The summed E-state index contributed by atoms with van der Waals surface area (Å²) in [6.45, 7) is 0.342. The summed E-state index contributed by atoms with van der Waals surface area (Å²) in [4.78, 5) is 39.0. The van der Waals surface area contributed by atoms with Gasteiger partial charge in [-0.3, -0.25) is 14.4 Å². The number of nitrogens with one attached hydrogen (secondary N) is 2. The van der Waals surface area contributed by atoms with Crippen molar-refractivity contribution in [3.8, 4) is 0 Å². The summed E-state index contributed by atoms with van der Waals surface area (Å²) in [7, 11) is 3.26. The van der Waals surface area contributed by atoms with Crippen LogP contribution in [0.3, 0.4) is 0 Å². The zero-order valence-corrected chi connectivity index (χ0v) is 17.5. The molecule has 0 saturated carbocycles. The van der Waals surface area contributed by atoms with Crippen LogP contribution in [0.25, 0.3) is 0 Å². The Morgan fingerprint density at radius 2 is 1.61 bits per heavy atom. The van der Waals surface area contributed by atoms with E-state index in [0.29, 0.717) is 18.5 Å². The number of carbonyl (C=O) groups excluding carboxylic acids is 3. The van der Waals surface area contributed by atoms with Gasteiger partial charge in [0.2, 0.25) is 5.91 Å². The number of hydrogen-bond acceptors (Lipinski definition) is 4. The van der Waals surface area contributed by atoms with Crippen molar-refractivity contribution < 1.29 is 18.8 Å². The van der Waals surface area contributed by atoms with Crippen molar-refractivity contribution in [3.05, 3.63) is 95.4 Å². The first-order chi connectivity index (χ1) is 15.0. The third-order valence-corrected chi connectivity index (χ3v) is 4.87. The molecule has 7 nitrogen and oxygen atoms in total. The topological polar surface area (TPSA) is 91.7 Å². The van der Waals surface area contributed by atoms with E-state index in [1.165, 1.54) is 6.26 Å². The van der Waals surface area contributed by atoms with Crippen LogP contribution >= 0.6 is 0 Å². The molecule has 3 rings (SSSR count). The lowest BCUT2D eigenvalue weighted by Crippen LogP contribution is -2.48. The summed E-state index contributed by atoms with van der Waals surface area (Å²) in [5.41, 5.74) is 2.36. The summed E-state index contributed by atoms with van der Waals surface area (Å²) in [6, 6.07) is 19.0. The summed E-state index contributed by atoms with van der Waals surface area (Å²) < 4.78 is 5.15. The molecule has 7 heteroatoms. The molecule has 3 aromatic rings. The standard InChI is InChI=1S/C24H25N3O4/c1-25-22(28)19-12-10-18(11-13-19)16-27(2)24(30)20(15-17-7-4-3-5-8-17)26-23(29)21-9-6-14-31-21/h3-14,20H,15-16H2,1-2H3,(H,25,28)(H,26,29)/t20-/m0/s1. The number of hydrogen-bond donors (Lipinski definition) is 2. The lowest BCUT2D eigenvalue weighted by atomic mass is 10.0. The van der Waals surface area contributed by atoms with Gasteiger partial charge in [0.25, 0.3) is 11.8 Å². The monoisotopic (exact) mass is 419 g/mol. The van der Waals surface area contributed by atoms with E-state index in [1.54, 1.807) is 43.3 Å². The number of furan rings is 1. The van der Waals surface area contributed by atoms with Crippen LogP contribution in [0, 0.1) is 0 Å². The molecule has 3 amide bonds. The Balaban J connectivity index is 1.72. The molecule has 2 N–H and O–H groups in total. The number of amides is 3. The van der Waals surface area contributed by atoms with Gasteiger partial charge in [0, 0.05) is 32.6 Å². The molecule has 160 valence electrons. The van der Waals surface area contributed by atoms with Gasteiger partial charge in [-0.2, -0.15) is 0 Å². The Bertz CT molecular complexity index is 1010. The van der Waals surface area contributed by atoms with Crippen molar-refractivity contribution >= 4 is 17.7 Å². The van der Waals surface area contributed by atoms with Crippen LogP contribution in [0.4, 0.5) is 0 Å². The van der Waals surface area contributed by atoms with E-state index >= 15 is 0 Å². The Labute approximate surface area is 181 Å². The van der Waals surface area contributed by atoms with Gasteiger partial charge in [0.1, 0.15) is 6.04 Å². The van der Waals surface area contributed by atoms with Crippen molar-refractivity contribution in [2.75, 3.05) is 14.1 Å². The Hall–Kier alpha value is -3.87. The maximum atomic E-state index is 13.2. The Kier molecular flexibility index (Phi) is 7.22. The third-order valence-electron chi connectivity index (χ3n) is 4.87. The molecular weight excluding hydrogens is 394 g/mol. The van der Waals surface area contributed by atoms with Gasteiger partial charge in [-0.1, -0.05) is 42.5 Å². The van der Waals surface area contributed by atoms with Crippen LogP contribution in [0.1, 0.15) is 32.0 Å². The van der Waals surface area contributed by atoms with E-state index in [2.05, 4.69) is 10.6 Å². The zero-order valence-electron chi connectivity index (χ0n) is 17.5. The van der Waals surface area contributed by atoms with Crippen molar-refractivity contribution in [1.82, 2.24) is 15.5 Å². The fourth-order valence-corrected chi connectivity index (χ4v) is 3.21. The molecule has 0 saturated heterocycles. The molecule has 0 aliphatic heterocycles. The molecule has 2 aromatic carbocycles. The number of likely N-dealkylation sites (N-methyl/N-ethyl adjacent to an activating group) is 1. The van der Waals surface area contributed by atoms with Gasteiger partial charge in [-0.05, 0) is 35.4 Å². The van der Waals surface area contributed by atoms with Crippen LogP contribution in [0.5, 0.6) is 0 Å². The summed E-state index contributed by atoms with van der Waals surface area (Å²) in [5, 5.41) is 5.37. The molecule has 1 heterocycles. The van der Waals surface area contributed by atoms with Crippen LogP contribution in [-0.4, -0.2) is 42.8 Å². The first-order valence-electron chi connectivity index (χ1n) is 9.92. The highest BCUT2D eigenvalue weighted by Gasteiger charge is 2.26. The molecule has 1 atom stereocenters. The van der Waals surface area contributed by atoms with E-state index in [1.807, 2.05) is 42.5 Å². The highest BCUT2D eigenvalue weighted by atomic mass is 16.3. The molecule has 0 unspecified atom stereocenters. The van der Waals surface area contributed by atoms with Gasteiger partial charge in [0.15, 0.2) is 5.76 Å². The molecule has 0 spiro atoms. The molecule has 0 fully saturated rings. The second-order valence-corrected chi connectivity index (χ2v) is 7.16. The number of benzene rings is 2. The van der Waals surface area contributed by atoms with Crippen molar-refractivity contribution in [3.63, 3.8) is 0 Å². The van der Waals surface area contributed by atoms with Gasteiger partial charge in [0.05, 0.1) is 6.26 Å². The maximum Gasteiger partial charge on any atom is 0.287 e. The number of carbonyl (C=O) groups is 3. The van der Waals surface area contributed by atoms with Crippen molar-refractivity contribution in [2.45, 2.75) is 19.0 Å². The van der Waals surface area contributed by atoms with E-state index in [9.17, 15) is 14.4 Å². The third kappa shape index (κ3) is 5.82. The lowest BCUT2D eigenvalue weighted by molar-refractivity contribution is -0.132. The average Bonchev–Trinajstić information content (AvgIpc) is 3.34. The highest BCUT2D eigenvalue weighted by molar-refractivity contribution is 5.95. The van der Waals surface area contributed by atoms with E-state index in [-0.39, 0.29) is 17.6 Å². The Morgan fingerprint density at radius 3 is 2.23 bits per heavy atom. The first kappa shape index (κ1) is 21.8. The zero-order chi connectivity index (χ0) is 22.2. The molecule has 0 aliphatic rings. The minimum Gasteiger partial charge on any atom is -0.459 e. The van der Waals surface area contributed by atoms with Gasteiger partial charge < -0.3 is 20.0 Å². The average molecular weight is 419 g/mol. The largest absolute Gasteiger partial charge is 0.459 e. The fourth-order valence-electron chi connectivity index (χ4n) is 3.21. The second-order valence-electron chi connectivity index (χ2n) is 7.16.